The second-order valence-electron chi connectivity index (χ2n) is 6.28. The van der Waals surface area contributed by atoms with E-state index in [1.54, 1.807) is 12.1 Å². The van der Waals surface area contributed by atoms with Crippen LogP contribution in [-0.4, -0.2) is 17.1 Å². The van der Waals surface area contributed by atoms with E-state index in [1.807, 2.05) is 18.2 Å². The topological polar surface area (TPSA) is 76.4 Å². The fourth-order valence-electron chi connectivity index (χ4n) is 3.67. The number of rotatable bonds is 3. The Morgan fingerprint density at radius 2 is 2.04 bits per heavy atom. The van der Waals surface area contributed by atoms with Gasteiger partial charge in [0.25, 0.3) is 0 Å². The van der Waals surface area contributed by atoms with Gasteiger partial charge in [-0.05, 0) is 47.8 Å². The van der Waals surface area contributed by atoms with Crippen LogP contribution >= 0.6 is 12.2 Å². The van der Waals surface area contributed by atoms with Crippen LogP contribution in [0.25, 0.3) is 5.70 Å². The molecule has 6 nitrogen and oxygen atoms in total. The summed E-state index contributed by atoms with van der Waals surface area (Å²) in [6.07, 6.45) is 1.79. The molecule has 132 valence electrons. The molecule has 26 heavy (non-hydrogen) atoms. The van der Waals surface area contributed by atoms with Crippen LogP contribution in [0.2, 0.25) is 0 Å². The maximum Gasteiger partial charge on any atom is 0.311 e. The Labute approximate surface area is 156 Å². The molecular formula is C19H17N3O3S. The second-order valence-corrected chi connectivity index (χ2v) is 6.69. The number of ether oxygens (including phenoxy) is 1. The number of benzene rings is 2. The van der Waals surface area contributed by atoms with Gasteiger partial charge in [0.2, 0.25) is 0 Å². The molecule has 0 spiro atoms. The highest BCUT2D eigenvalue weighted by Crippen LogP contribution is 2.40. The van der Waals surface area contributed by atoms with Crippen LogP contribution in [-0.2, 0) is 6.42 Å². The van der Waals surface area contributed by atoms with Crippen molar-refractivity contribution in [3.05, 3.63) is 74.8 Å². The summed E-state index contributed by atoms with van der Waals surface area (Å²) in [6.45, 7) is 0. The molecule has 0 radical (unpaired) electrons. The molecule has 4 rings (SSSR count). The highest BCUT2D eigenvalue weighted by Gasteiger charge is 2.31. The van der Waals surface area contributed by atoms with Gasteiger partial charge < -0.3 is 15.4 Å². The van der Waals surface area contributed by atoms with Gasteiger partial charge in [-0.25, -0.2) is 0 Å². The van der Waals surface area contributed by atoms with E-state index in [2.05, 4.69) is 22.8 Å². The van der Waals surface area contributed by atoms with E-state index in [9.17, 15) is 10.1 Å². The Bertz CT molecular complexity index is 955. The third kappa shape index (κ3) is 2.70. The first-order chi connectivity index (χ1) is 12.6. The van der Waals surface area contributed by atoms with Gasteiger partial charge in [0.15, 0.2) is 10.9 Å². The van der Waals surface area contributed by atoms with Gasteiger partial charge in [0.1, 0.15) is 0 Å². The molecule has 0 saturated heterocycles. The predicted octanol–water partition coefficient (Wildman–Crippen LogP) is 3.48. The fraction of sp³-hybridized carbons (Fsp3) is 0.211. The van der Waals surface area contributed by atoms with Gasteiger partial charge in [0.05, 0.1) is 18.1 Å². The SMILES string of the molecule is COc1ccc([C@@H]2NC(=S)NC3=C2CCc2ccccc23)cc1[N+](=O)[O-]. The fourth-order valence-corrected chi connectivity index (χ4v) is 3.89. The molecule has 0 fully saturated rings. The molecular weight excluding hydrogens is 350 g/mol. The molecule has 2 aromatic rings. The summed E-state index contributed by atoms with van der Waals surface area (Å²) in [4.78, 5) is 11.0. The van der Waals surface area contributed by atoms with Crippen molar-refractivity contribution >= 4 is 28.7 Å². The standard InChI is InChI=1S/C19H17N3O3S/c1-25-16-9-7-12(10-15(16)22(23)24)17-14-8-6-11-4-2-3-5-13(11)18(14)21-19(26)20-17/h2-5,7,9-10,17H,6,8H2,1H3,(H2,20,21,26)/t17-/m0/s1. The molecule has 2 aromatic carbocycles. The molecule has 0 saturated carbocycles. The van der Waals surface area contributed by atoms with Crippen molar-refractivity contribution < 1.29 is 9.66 Å². The highest BCUT2D eigenvalue weighted by atomic mass is 32.1. The van der Waals surface area contributed by atoms with Gasteiger partial charge in [0, 0.05) is 17.3 Å². The molecule has 2 aliphatic rings. The number of aryl methyl sites for hydroxylation is 1. The predicted molar refractivity (Wildman–Crippen MR) is 103 cm³/mol. The number of nitrogens with one attached hydrogen (secondary N) is 2. The average Bonchev–Trinajstić information content (AvgIpc) is 2.66. The molecule has 1 aliphatic heterocycles. The van der Waals surface area contributed by atoms with Crippen molar-refractivity contribution in [2.45, 2.75) is 18.9 Å². The summed E-state index contributed by atoms with van der Waals surface area (Å²) in [5.74, 6) is 0.249. The quantitative estimate of drug-likeness (QED) is 0.491. The molecule has 0 unspecified atom stereocenters. The lowest BCUT2D eigenvalue weighted by molar-refractivity contribution is -0.385. The Morgan fingerprint density at radius 1 is 1.23 bits per heavy atom. The maximum atomic E-state index is 11.4. The third-order valence-corrected chi connectivity index (χ3v) is 5.09. The van der Waals surface area contributed by atoms with Crippen LogP contribution in [0.1, 0.15) is 29.2 Å². The van der Waals surface area contributed by atoms with Gasteiger partial charge in [-0.2, -0.15) is 0 Å². The lowest BCUT2D eigenvalue weighted by Gasteiger charge is -2.35. The van der Waals surface area contributed by atoms with Crippen molar-refractivity contribution in [1.82, 2.24) is 10.6 Å². The number of fused-ring (bicyclic) bond motifs is 2. The second kappa shape index (κ2) is 6.42. The van der Waals surface area contributed by atoms with Crippen LogP contribution in [0.4, 0.5) is 5.69 Å². The zero-order chi connectivity index (χ0) is 18.3. The van der Waals surface area contributed by atoms with Crippen LogP contribution in [0, 0.1) is 10.1 Å². The van der Waals surface area contributed by atoms with Crippen LogP contribution in [0.5, 0.6) is 5.75 Å². The van der Waals surface area contributed by atoms with Crippen molar-refractivity contribution in [3.8, 4) is 5.75 Å². The Morgan fingerprint density at radius 3 is 2.81 bits per heavy atom. The summed E-state index contributed by atoms with van der Waals surface area (Å²) in [5, 5.41) is 18.4. The van der Waals surface area contributed by atoms with Gasteiger partial charge in [-0.15, -0.1) is 0 Å². The van der Waals surface area contributed by atoms with Crippen molar-refractivity contribution in [2.24, 2.45) is 0 Å². The van der Waals surface area contributed by atoms with E-state index >= 15 is 0 Å². The lowest BCUT2D eigenvalue weighted by Crippen LogP contribution is -2.44. The van der Waals surface area contributed by atoms with Gasteiger partial charge >= 0.3 is 5.69 Å². The molecule has 1 heterocycles. The van der Waals surface area contributed by atoms with Crippen molar-refractivity contribution in [2.75, 3.05) is 7.11 Å². The molecule has 2 N–H and O–H groups in total. The van der Waals surface area contributed by atoms with Crippen LogP contribution < -0.4 is 15.4 Å². The average molecular weight is 367 g/mol. The van der Waals surface area contributed by atoms with Crippen molar-refractivity contribution in [3.63, 3.8) is 0 Å². The molecule has 0 aromatic heterocycles. The highest BCUT2D eigenvalue weighted by molar-refractivity contribution is 7.80. The van der Waals surface area contributed by atoms with Crippen LogP contribution in [0.15, 0.2) is 48.0 Å². The molecule has 1 atom stereocenters. The van der Waals surface area contributed by atoms with E-state index in [0.717, 1.165) is 35.2 Å². The number of thiocarbonyl (C=S) groups is 1. The minimum absolute atomic E-state index is 0.0467. The number of hydrogen-bond acceptors (Lipinski definition) is 4. The Balaban J connectivity index is 1.83. The minimum atomic E-state index is -0.423. The number of nitrogens with zero attached hydrogens (tertiary/aromatic N) is 1. The monoisotopic (exact) mass is 367 g/mol. The molecule has 1 aliphatic carbocycles. The van der Waals surface area contributed by atoms with Gasteiger partial charge in [-0.1, -0.05) is 30.3 Å². The Kier molecular flexibility index (Phi) is 4.08. The summed E-state index contributed by atoms with van der Waals surface area (Å²) in [7, 11) is 1.43. The van der Waals surface area contributed by atoms with E-state index in [0.29, 0.717) is 5.11 Å². The minimum Gasteiger partial charge on any atom is -0.490 e. The maximum absolute atomic E-state index is 11.4. The van der Waals surface area contributed by atoms with E-state index < -0.39 is 4.92 Å². The van der Waals surface area contributed by atoms with Gasteiger partial charge in [-0.3, -0.25) is 10.1 Å². The van der Waals surface area contributed by atoms with Crippen LogP contribution in [0.3, 0.4) is 0 Å². The zero-order valence-electron chi connectivity index (χ0n) is 14.1. The largest absolute Gasteiger partial charge is 0.490 e. The first-order valence-corrected chi connectivity index (χ1v) is 8.70. The number of nitro benzene ring substituents is 1. The number of methoxy groups -OCH3 is 1. The molecule has 0 amide bonds. The number of hydrogen-bond donors (Lipinski definition) is 2. The summed E-state index contributed by atoms with van der Waals surface area (Å²) >= 11 is 5.40. The molecule has 0 bridgehead atoms. The summed E-state index contributed by atoms with van der Waals surface area (Å²) in [5.41, 5.74) is 5.35. The Hall–Kier alpha value is -2.93. The summed E-state index contributed by atoms with van der Waals surface area (Å²) in [6, 6.07) is 13.1. The first-order valence-electron chi connectivity index (χ1n) is 8.29. The number of nitro groups is 1. The zero-order valence-corrected chi connectivity index (χ0v) is 14.9. The van der Waals surface area contributed by atoms with E-state index in [1.165, 1.54) is 12.7 Å². The van der Waals surface area contributed by atoms with E-state index in [4.69, 9.17) is 17.0 Å². The smallest absolute Gasteiger partial charge is 0.311 e. The first kappa shape index (κ1) is 16.5. The third-order valence-electron chi connectivity index (χ3n) is 4.87. The normalized spacial score (nSPS) is 18.3. The van der Waals surface area contributed by atoms with Crippen molar-refractivity contribution in [1.29, 1.82) is 0 Å². The lowest BCUT2D eigenvalue weighted by atomic mass is 9.83. The summed E-state index contributed by atoms with van der Waals surface area (Å²) < 4.78 is 5.11. The molecule has 7 heteroatoms. The van der Waals surface area contributed by atoms with E-state index in [-0.39, 0.29) is 17.5 Å².